The van der Waals surface area contributed by atoms with Gasteiger partial charge >= 0.3 is 6.09 Å². The van der Waals surface area contributed by atoms with E-state index in [0.717, 1.165) is 6.42 Å². The first kappa shape index (κ1) is 16.6. The molecule has 120 valence electrons. The lowest BCUT2D eigenvalue weighted by Crippen LogP contribution is -2.35. The third-order valence-electron chi connectivity index (χ3n) is 3.35. The highest BCUT2D eigenvalue weighted by Gasteiger charge is 2.33. The Morgan fingerprint density at radius 1 is 1.55 bits per heavy atom. The van der Waals surface area contributed by atoms with Crippen LogP contribution in [0.25, 0.3) is 4.85 Å². The summed E-state index contributed by atoms with van der Waals surface area (Å²) in [4.78, 5) is 17.3. The van der Waals surface area contributed by atoms with E-state index in [9.17, 15) is 4.79 Å². The molecule has 22 heavy (non-hydrogen) atoms. The average molecular weight is 370 g/mol. The smallest absolute Gasteiger partial charge is 0.410 e. The van der Waals surface area contributed by atoms with Crippen molar-refractivity contribution in [1.29, 1.82) is 0 Å². The molecule has 1 amide bonds. The maximum atomic E-state index is 12.1. The summed E-state index contributed by atoms with van der Waals surface area (Å²) in [6.45, 7) is 13.9. The lowest BCUT2D eigenvalue weighted by molar-refractivity contribution is 0.0288. The van der Waals surface area contributed by atoms with Gasteiger partial charge in [0.25, 0.3) is 5.69 Å². The number of aromatic nitrogens is 2. The van der Waals surface area contributed by atoms with Crippen molar-refractivity contribution in [2.75, 3.05) is 25.5 Å². The number of likely N-dealkylation sites (tertiary alicyclic amines) is 1. The Morgan fingerprint density at radius 3 is 2.77 bits per heavy atom. The molecule has 1 aromatic heterocycles. The summed E-state index contributed by atoms with van der Waals surface area (Å²) in [6.07, 6.45) is 0.470. The Morgan fingerprint density at radius 2 is 2.23 bits per heavy atom. The molecule has 7 nitrogen and oxygen atoms in total. The lowest BCUT2D eigenvalue weighted by Gasteiger charge is -2.24. The van der Waals surface area contributed by atoms with Crippen molar-refractivity contribution >= 4 is 33.5 Å². The van der Waals surface area contributed by atoms with Crippen LogP contribution < -0.4 is 5.32 Å². The third-order valence-corrected chi connectivity index (χ3v) is 3.89. The molecule has 0 unspecified atom stereocenters. The zero-order valence-electron chi connectivity index (χ0n) is 13.2. The summed E-state index contributed by atoms with van der Waals surface area (Å²) in [6, 6.07) is 0.0294. The number of hydrogen-bond donors (Lipinski definition) is 1. The quantitative estimate of drug-likeness (QED) is 0.811. The fraction of sp³-hybridized carbons (Fsp3) is 0.643. The minimum atomic E-state index is -0.503. The normalized spacial score (nSPS) is 18.2. The fourth-order valence-corrected chi connectivity index (χ4v) is 2.88. The van der Waals surface area contributed by atoms with Crippen molar-refractivity contribution in [3.63, 3.8) is 0 Å². The molecule has 1 fully saturated rings. The lowest BCUT2D eigenvalue weighted by atomic mass is 10.2. The number of ether oxygens (including phenoxy) is 1. The summed E-state index contributed by atoms with van der Waals surface area (Å²) in [7, 11) is 1.76. The molecule has 0 bridgehead atoms. The molecule has 0 aromatic carbocycles. The van der Waals surface area contributed by atoms with E-state index in [-0.39, 0.29) is 12.1 Å². The molecule has 1 N–H and O–H groups in total. The topological polar surface area (TPSA) is 63.8 Å². The van der Waals surface area contributed by atoms with Crippen molar-refractivity contribution in [2.45, 2.75) is 38.8 Å². The van der Waals surface area contributed by atoms with Gasteiger partial charge in [0, 0.05) is 20.1 Å². The predicted molar refractivity (Wildman–Crippen MR) is 87.2 cm³/mol. The number of anilines is 1. The number of rotatable bonds is 2. The van der Waals surface area contributed by atoms with Crippen molar-refractivity contribution in [3.8, 4) is 0 Å². The van der Waals surface area contributed by atoms with Crippen LogP contribution in [0.4, 0.5) is 16.3 Å². The minimum Gasteiger partial charge on any atom is -0.444 e. The van der Waals surface area contributed by atoms with Crippen LogP contribution in [-0.2, 0) is 4.74 Å². The zero-order chi connectivity index (χ0) is 16.5. The van der Waals surface area contributed by atoms with Crippen LogP contribution in [-0.4, -0.2) is 46.5 Å². The molecule has 8 heteroatoms. The molecule has 0 spiro atoms. The molecule has 1 aliphatic heterocycles. The maximum Gasteiger partial charge on any atom is 0.410 e. The van der Waals surface area contributed by atoms with E-state index in [4.69, 9.17) is 11.3 Å². The van der Waals surface area contributed by atoms with Gasteiger partial charge in [-0.15, -0.1) is 0 Å². The first-order valence-corrected chi connectivity index (χ1v) is 7.87. The van der Waals surface area contributed by atoms with Crippen LogP contribution in [0.15, 0.2) is 4.60 Å². The summed E-state index contributed by atoms with van der Waals surface area (Å²) in [5.41, 5.74) is -0.0460. The van der Waals surface area contributed by atoms with Crippen LogP contribution in [0.3, 0.4) is 0 Å². The number of nitrogens with zero attached hydrogens (tertiary/aromatic N) is 4. The number of carbonyl (C=O) groups is 1. The number of halogens is 1. The molecule has 1 aromatic rings. The van der Waals surface area contributed by atoms with Gasteiger partial charge in [-0.2, -0.15) is 5.10 Å². The number of nitrogens with one attached hydrogen (secondary N) is 1. The van der Waals surface area contributed by atoms with E-state index < -0.39 is 5.60 Å². The minimum absolute atomic E-state index is 0.0294. The Labute approximate surface area is 138 Å². The summed E-state index contributed by atoms with van der Waals surface area (Å²) < 4.78 is 7.69. The highest BCUT2D eigenvalue weighted by molar-refractivity contribution is 9.10. The predicted octanol–water partition coefficient (Wildman–Crippen LogP) is 3.42. The highest BCUT2D eigenvalue weighted by Crippen LogP contribution is 2.37. The van der Waals surface area contributed by atoms with Crippen molar-refractivity contribution in [1.82, 2.24) is 14.7 Å². The Kier molecular flexibility index (Phi) is 4.66. The van der Waals surface area contributed by atoms with Crippen molar-refractivity contribution in [3.05, 3.63) is 16.0 Å². The second-order valence-electron chi connectivity index (χ2n) is 6.16. The molecule has 0 aliphatic carbocycles. The van der Waals surface area contributed by atoms with Gasteiger partial charge in [-0.25, -0.2) is 9.64 Å². The molecule has 0 saturated carbocycles. The van der Waals surface area contributed by atoms with Crippen molar-refractivity contribution in [2.24, 2.45) is 0 Å². The molecule has 2 heterocycles. The molecular weight excluding hydrogens is 350 g/mol. The monoisotopic (exact) mass is 369 g/mol. The molecule has 1 aliphatic rings. The molecule has 0 radical (unpaired) electrons. The van der Waals surface area contributed by atoms with Crippen LogP contribution in [0.5, 0.6) is 0 Å². The maximum absolute atomic E-state index is 12.1. The van der Waals surface area contributed by atoms with Gasteiger partial charge in [-0.1, -0.05) is 0 Å². The average Bonchev–Trinajstić information content (AvgIpc) is 3.00. The number of carbonyl (C=O) groups excluding carboxylic acids is 1. The van der Waals surface area contributed by atoms with Crippen LogP contribution >= 0.6 is 15.9 Å². The van der Waals surface area contributed by atoms with Gasteiger partial charge in [-0.05, 0) is 43.1 Å². The van der Waals surface area contributed by atoms with Crippen molar-refractivity contribution < 1.29 is 9.53 Å². The van der Waals surface area contributed by atoms with Crippen LogP contribution in [0.1, 0.15) is 33.2 Å². The fourth-order valence-electron chi connectivity index (χ4n) is 2.43. The first-order valence-electron chi connectivity index (χ1n) is 7.08. The van der Waals surface area contributed by atoms with Gasteiger partial charge in [0.2, 0.25) is 0 Å². The second kappa shape index (κ2) is 6.16. The van der Waals surface area contributed by atoms with E-state index in [1.54, 1.807) is 16.6 Å². The summed E-state index contributed by atoms with van der Waals surface area (Å²) >= 11 is 3.31. The Bertz CT molecular complexity index is 614. The van der Waals surface area contributed by atoms with E-state index in [1.165, 1.54) is 0 Å². The summed E-state index contributed by atoms with van der Waals surface area (Å²) in [5.74, 6) is 0.665. The Hall–Kier alpha value is -1.75. The zero-order valence-corrected chi connectivity index (χ0v) is 14.8. The van der Waals surface area contributed by atoms with E-state index in [1.807, 2.05) is 20.8 Å². The molecular formula is C14H20BrN5O2. The van der Waals surface area contributed by atoms with Gasteiger partial charge in [-0.3, -0.25) is 4.68 Å². The molecule has 2 rings (SSSR count). The van der Waals surface area contributed by atoms with Gasteiger partial charge < -0.3 is 15.0 Å². The van der Waals surface area contributed by atoms with E-state index >= 15 is 0 Å². The summed E-state index contributed by atoms with van der Waals surface area (Å²) in [5, 5.41) is 7.40. The highest BCUT2D eigenvalue weighted by atomic mass is 79.9. The first-order chi connectivity index (χ1) is 10.3. The molecule has 1 saturated heterocycles. The third kappa shape index (κ3) is 3.35. The largest absolute Gasteiger partial charge is 0.444 e. The standard InChI is InChI=1S/C14H20BrN5O2/c1-14(2,3)22-13(21)19-7-6-9(8-19)20-12(17-5)10(16-4)11(15)18-20/h9,17H,6-8H2,1-3,5H3/t9-/m0/s1. The number of hydrogen-bond acceptors (Lipinski definition) is 4. The van der Waals surface area contributed by atoms with E-state index in [2.05, 4.69) is 31.2 Å². The van der Waals surface area contributed by atoms with Gasteiger partial charge in [0.05, 0.1) is 12.6 Å². The number of amides is 1. The van der Waals surface area contributed by atoms with Gasteiger partial charge in [0.1, 0.15) is 16.0 Å². The van der Waals surface area contributed by atoms with E-state index in [0.29, 0.717) is 29.2 Å². The Balaban J connectivity index is 2.14. The van der Waals surface area contributed by atoms with Crippen LogP contribution in [0.2, 0.25) is 0 Å². The van der Waals surface area contributed by atoms with Gasteiger partial charge in [0.15, 0.2) is 0 Å². The molecule has 1 atom stereocenters. The second-order valence-corrected chi connectivity index (χ2v) is 6.91. The van der Waals surface area contributed by atoms with Crippen LogP contribution in [0, 0.1) is 6.57 Å². The SMILES string of the molecule is [C-]#[N+]c1c(Br)nn([C@H]2CCN(C(=O)OC(C)(C)C)C2)c1NC.